The zero-order chi connectivity index (χ0) is 5.86. The number of rotatable bonds is 2. The molecule has 0 N–H and O–H groups in total. The Kier molecular flexibility index (Phi) is 2.89. The highest BCUT2D eigenvalue weighted by Gasteiger charge is 1.84. The van der Waals surface area contributed by atoms with Crippen LogP contribution in [-0.4, -0.2) is 20.5 Å². The van der Waals surface area contributed by atoms with Gasteiger partial charge in [0.1, 0.15) is 0 Å². The van der Waals surface area contributed by atoms with Gasteiger partial charge in [-0.05, 0) is 0 Å². The SMILES string of the molecule is [CH2]N(C)O[SH](=O)=O. The van der Waals surface area contributed by atoms with Crippen LogP contribution in [0.25, 0.3) is 0 Å². The highest BCUT2D eigenvalue weighted by atomic mass is 32.2. The van der Waals surface area contributed by atoms with Gasteiger partial charge in [0.25, 0.3) is 11.0 Å². The maximum atomic E-state index is 9.54. The van der Waals surface area contributed by atoms with Gasteiger partial charge in [-0.15, -0.1) is 0 Å². The third-order valence-electron chi connectivity index (χ3n) is 0.206. The number of hydrogen-bond acceptors (Lipinski definition) is 4. The van der Waals surface area contributed by atoms with E-state index in [1.165, 1.54) is 7.05 Å². The second-order valence-electron chi connectivity index (χ2n) is 0.933. The predicted octanol–water partition coefficient (Wildman–Crippen LogP) is -0.832. The van der Waals surface area contributed by atoms with Crippen LogP contribution >= 0.6 is 0 Å². The van der Waals surface area contributed by atoms with E-state index in [9.17, 15) is 8.42 Å². The molecule has 0 fully saturated rings. The van der Waals surface area contributed by atoms with Crippen LogP contribution in [0.4, 0.5) is 0 Å². The zero-order valence-corrected chi connectivity index (χ0v) is 4.72. The van der Waals surface area contributed by atoms with Crippen molar-refractivity contribution in [1.29, 1.82) is 0 Å². The molecule has 0 spiro atoms. The van der Waals surface area contributed by atoms with Gasteiger partial charge >= 0.3 is 0 Å². The van der Waals surface area contributed by atoms with Crippen LogP contribution in [0, 0.1) is 7.05 Å². The summed E-state index contributed by atoms with van der Waals surface area (Å²) in [5, 5.41) is 0.853. The molecule has 1 radical (unpaired) electrons. The van der Waals surface area contributed by atoms with E-state index < -0.39 is 11.0 Å². The van der Waals surface area contributed by atoms with Crippen molar-refractivity contribution in [3.8, 4) is 0 Å². The number of hydroxylamine groups is 2. The molecular formula is C2H6NO3S. The summed E-state index contributed by atoms with van der Waals surface area (Å²) in [5.41, 5.74) is 0. The number of hydrogen-bond donors (Lipinski definition) is 1. The molecule has 0 aromatic rings. The first kappa shape index (κ1) is 6.87. The molecule has 0 unspecified atom stereocenters. The molecule has 0 rings (SSSR count). The second-order valence-corrected chi connectivity index (χ2v) is 1.54. The normalized spacial score (nSPS) is 10.9. The van der Waals surface area contributed by atoms with Crippen LogP contribution in [0.5, 0.6) is 0 Å². The van der Waals surface area contributed by atoms with E-state index in [4.69, 9.17) is 0 Å². The van der Waals surface area contributed by atoms with Crippen LogP contribution < -0.4 is 0 Å². The summed E-state index contributed by atoms with van der Waals surface area (Å²) < 4.78 is 23.0. The minimum absolute atomic E-state index is 0.853. The minimum atomic E-state index is -2.78. The van der Waals surface area contributed by atoms with Crippen LogP contribution in [0.15, 0.2) is 0 Å². The van der Waals surface area contributed by atoms with Gasteiger partial charge in [-0.2, -0.15) is 9.35 Å². The molecule has 0 aliphatic heterocycles. The topological polar surface area (TPSA) is 46.6 Å². The maximum absolute atomic E-state index is 9.54. The molecule has 7 heavy (non-hydrogen) atoms. The molecule has 0 aromatic heterocycles. The summed E-state index contributed by atoms with van der Waals surface area (Å²) in [5.74, 6) is 0. The Morgan fingerprint density at radius 1 is 1.71 bits per heavy atom. The Hall–Kier alpha value is -0.130. The molecule has 0 amide bonds. The average Bonchev–Trinajstić information content (AvgIpc) is 1.27. The van der Waals surface area contributed by atoms with Gasteiger partial charge in [-0.1, -0.05) is 0 Å². The van der Waals surface area contributed by atoms with Crippen LogP contribution in [-0.2, 0) is 15.3 Å². The Morgan fingerprint density at radius 3 is 2.14 bits per heavy atom. The van der Waals surface area contributed by atoms with Gasteiger partial charge in [0.2, 0.25) is 0 Å². The number of thiol groups is 1. The van der Waals surface area contributed by atoms with Gasteiger partial charge in [0, 0.05) is 14.1 Å². The Balaban J connectivity index is 3.32. The van der Waals surface area contributed by atoms with Gasteiger partial charge in [0.15, 0.2) is 0 Å². The lowest BCUT2D eigenvalue weighted by Crippen LogP contribution is -2.07. The smallest absolute Gasteiger partial charge is 0.201 e. The molecule has 0 atom stereocenters. The largest absolute Gasteiger partial charge is 0.273 e. The summed E-state index contributed by atoms with van der Waals surface area (Å²) in [6.45, 7) is 0. The lowest BCUT2D eigenvalue weighted by Gasteiger charge is -1.99. The van der Waals surface area contributed by atoms with E-state index >= 15 is 0 Å². The summed E-state index contributed by atoms with van der Waals surface area (Å²) in [6.07, 6.45) is 0. The van der Waals surface area contributed by atoms with Crippen molar-refractivity contribution in [3.63, 3.8) is 0 Å². The van der Waals surface area contributed by atoms with Crippen LogP contribution in [0.1, 0.15) is 0 Å². The first-order chi connectivity index (χ1) is 3.13. The highest BCUT2D eigenvalue weighted by Crippen LogP contribution is 1.76. The third-order valence-corrected chi connectivity index (χ3v) is 0.618. The van der Waals surface area contributed by atoms with E-state index in [2.05, 4.69) is 11.3 Å². The monoisotopic (exact) mass is 124 g/mol. The molecule has 0 bridgehead atoms. The summed E-state index contributed by atoms with van der Waals surface area (Å²) >= 11 is 0. The Labute approximate surface area is 43.8 Å². The molecule has 0 aliphatic rings. The maximum Gasteiger partial charge on any atom is 0.273 e. The van der Waals surface area contributed by atoms with Crippen LogP contribution in [0.2, 0.25) is 0 Å². The van der Waals surface area contributed by atoms with Crippen molar-refractivity contribution in [2.45, 2.75) is 0 Å². The van der Waals surface area contributed by atoms with Crippen molar-refractivity contribution >= 4 is 11.0 Å². The Morgan fingerprint density at radius 2 is 2.14 bits per heavy atom. The summed E-state index contributed by atoms with van der Waals surface area (Å²) in [4.78, 5) is 0. The standard InChI is InChI=1S/C2H6NO3S/c1-3(2)6-7(4)5/h7H,1H2,2H3. The van der Waals surface area contributed by atoms with Crippen molar-refractivity contribution in [2.75, 3.05) is 7.05 Å². The van der Waals surface area contributed by atoms with Crippen molar-refractivity contribution in [1.82, 2.24) is 5.06 Å². The quantitative estimate of drug-likeness (QED) is 0.385. The molecule has 0 heterocycles. The van der Waals surface area contributed by atoms with Crippen LogP contribution in [0.3, 0.4) is 0 Å². The molecule has 0 aromatic carbocycles. The van der Waals surface area contributed by atoms with Crippen molar-refractivity contribution in [2.24, 2.45) is 0 Å². The lowest BCUT2D eigenvalue weighted by atomic mass is 11.2. The first-order valence-corrected chi connectivity index (χ1v) is 2.59. The van der Waals surface area contributed by atoms with Gasteiger partial charge < -0.3 is 0 Å². The Bertz CT molecular complexity index is 99.5. The molecule has 0 aliphatic carbocycles. The predicted molar refractivity (Wildman–Crippen MR) is 24.5 cm³/mol. The van der Waals surface area contributed by atoms with E-state index in [0.717, 1.165) is 5.06 Å². The highest BCUT2D eigenvalue weighted by molar-refractivity contribution is 7.67. The number of nitrogens with zero attached hydrogens (tertiary/aromatic N) is 1. The van der Waals surface area contributed by atoms with E-state index in [-0.39, 0.29) is 0 Å². The minimum Gasteiger partial charge on any atom is -0.201 e. The van der Waals surface area contributed by atoms with E-state index in [1.54, 1.807) is 0 Å². The molecular weight excluding hydrogens is 118 g/mol. The second kappa shape index (κ2) is 2.95. The summed E-state index contributed by atoms with van der Waals surface area (Å²) in [7, 11) is 1.71. The molecule has 4 nitrogen and oxygen atoms in total. The summed E-state index contributed by atoms with van der Waals surface area (Å²) in [6, 6.07) is 0. The van der Waals surface area contributed by atoms with Crippen molar-refractivity contribution in [3.05, 3.63) is 7.05 Å². The fraction of sp³-hybridized carbons (Fsp3) is 0.500. The van der Waals surface area contributed by atoms with E-state index in [0.29, 0.717) is 0 Å². The van der Waals surface area contributed by atoms with Gasteiger partial charge in [-0.3, -0.25) is 0 Å². The van der Waals surface area contributed by atoms with Gasteiger partial charge in [0.05, 0.1) is 0 Å². The van der Waals surface area contributed by atoms with Gasteiger partial charge in [-0.25, -0.2) is 8.42 Å². The average molecular weight is 124 g/mol. The van der Waals surface area contributed by atoms with E-state index in [1.807, 2.05) is 0 Å². The third kappa shape index (κ3) is 5.87. The molecule has 0 saturated carbocycles. The zero-order valence-electron chi connectivity index (χ0n) is 3.83. The van der Waals surface area contributed by atoms with Crippen molar-refractivity contribution < 1.29 is 12.7 Å². The molecule has 0 saturated heterocycles. The molecule has 43 valence electrons. The fourth-order valence-electron chi connectivity index (χ4n) is 0.114. The lowest BCUT2D eigenvalue weighted by molar-refractivity contribution is 0.0328. The fourth-order valence-corrected chi connectivity index (χ4v) is 0.341. The first-order valence-electron chi connectivity index (χ1n) is 1.49. The molecule has 5 heteroatoms.